The molecule has 0 bridgehead atoms. The van der Waals surface area contributed by atoms with Crippen LogP contribution in [0.25, 0.3) is 0 Å². The number of hydrogen-bond donors (Lipinski definition) is 1. The Labute approximate surface area is 364 Å². The average molecular weight is 925 g/mol. The molecule has 26 heteroatoms. The van der Waals surface area contributed by atoms with Gasteiger partial charge in [0, 0.05) is 69.2 Å². The monoisotopic (exact) mass is 924 g/mol. The van der Waals surface area contributed by atoms with E-state index in [4.69, 9.17) is 71.1 Å². The van der Waals surface area contributed by atoms with Crippen molar-refractivity contribution in [3.8, 4) is 0 Å². The van der Waals surface area contributed by atoms with Crippen molar-refractivity contribution >= 4 is 59.7 Å². The van der Waals surface area contributed by atoms with Crippen LogP contribution in [0.5, 0.6) is 0 Å². The molecule has 0 saturated carbocycles. The van der Waals surface area contributed by atoms with Crippen LogP contribution in [0.2, 0.25) is 0 Å². The van der Waals surface area contributed by atoms with Crippen molar-refractivity contribution in [1.82, 2.24) is 0 Å². The predicted molar refractivity (Wildman–Crippen MR) is 197 cm³/mol. The minimum absolute atomic E-state index is 0.681. The second kappa shape index (κ2) is 23.9. The molecular weight excluding hydrogens is 872 g/mol. The fourth-order valence-electron chi connectivity index (χ4n) is 6.77. The normalized spacial score (nSPS) is 32.3. The third-order valence-electron chi connectivity index (χ3n) is 8.84. The van der Waals surface area contributed by atoms with E-state index in [1.54, 1.807) is 0 Å². The van der Waals surface area contributed by atoms with E-state index in [0.717, 1.165) is 69.2 Å². The highest BCUT2D eigenvalue weighted by Crippen LogP contribution is 2.38. The van der Waals surface area contributed by atoms with Crippen LogP contribution >= 0.6 is 0 Å². The molecule has 3 rings (SSSR count). The largest absolute Gasteiger partial charge is 0.463 e. The van der Waals surface area contributed by atoms with E-state index < -0.39 is 172 Å². The van der Waals surface area contributed by atoms with Crippen molar-refractivity contribution in [2.75, 3.05) is 19.8 Å². The first-order valence-electron chi connectivity index (χ1n) is 19.4. The number of aliphatic hydroxyl groups is 1. The van der Waals surface area contributed by atoms with E-state index in [9.17, 15) is 53.1 Å². The first-order chi connectivity index (χ1) is 29.9. The van der Waals surface area contributed by atoms with Crippen LogP contribution < -0.4 is 0 Å². The Bertz CT molecular complexity index is 1730. The first kappa shape index (κ1) is 52.8. The molecule has 0 spiro atoms. The first-order valence-corrected chi connectivity index (χ1v) is 19.4. The summed E-state index contributed by atoms with van der Waals surface area (Å²) in [6.07, 6.45) is -27.2. The van der Waals surface area contributed by atoms with Gasteiger partial charge in [0.2, 0.25) is 0 Å². The molecule has 6 unspecified atom stereocenters. The molecule has 3 aliphatic rings. The van der Waals surface area contributed by atoms with E-state index in [0.29, 0.717) is 0 Å². The highest BCUT2D eigenvalue weighted by molar-refractivity contribution is 5.70. The third kappa shape index (κ3) is 15.6. The minimum atomic E-state index is -2.02. The molecule has 64 heavy (non-hydrogen) atoms. The van der Waals surface area contributed by atoms with Crippen molar-refractivity contribution in [1.29, 1.82) is 0 Å². The van der Waals surface area contributed by atoms with Gasteiger partial charge in [0.25, 0.3) is 0 Å². The second-order valence-electron chi connectivity index (χ2n) is 14.3. The molecule has 0 radical (unpaired) electrons. The zero-order valence-corrected chi connectivity index (χ0v) is 36.4. The molecule has 0 aliphatic carbocycles. The minimum Gasteiger partial charge on any atom is -0.463 e. The number of carbonyl (C=O) groups is 10. The molecule has 1 N–H and O–H groups in total. The van der Waals surface area contributed by atoms with Gasteiger partial charge in [-0.05, 0) is 0 Å². The summed E-state index contributed by atoms with van der Waals surface area (Å²) >= 11 is 0. The lowest BCUT2D eigenvalue weighted by atomic mass is 9.95. The predicted octanol–water partition coefficient (Wildman–Crippen LogP) is -1.86. The van der Waals surface area contributed by atoms with E-state index >= 15 is 0 Å². The summed E-state index contributed by atoms with van der Waals surface area (Å²) in [6, 6.07) is 0. The van der Waals surface area contributed by atoms with E-state index in [1.807, 2.05) is 0 Å². The van der Waals surface area contributed by atoms with Crippen molar-refractivity contribution in [2.45, 2.75) is 161 Å². The van der Waals surface area contributed by atoms with Gasteiger partial charge in [0.05, 0.1) is 0 Å². The molecule has 3 fully saturated rings. The number of aliphatic hydroxyl groups excluding tert-OH is 1. The fraction of sp³-hybridized carbons (Fsp3) is 0.737. The summed E-state index contributed by atoms with van der Waals surface area (Å²) in [5.74, 6) is -9.61. The molecule has 3 aliphatic heterocycles. The van der Waals surface area contributed by atoms with Crippen molar-refractivity contribution in [3.05, 3.63) is 0 Å². The van der Waals surface area contributed by atoms with E-state index in [1.165, 1.54) is 0 Å². The van der Waals surface area contributed by atoms with E-state index in [-0.39, 0.29) is 0 Å². The van der Waals surface area contributed by atoms with Crippen LogP contribution in [0.1, 0.15) is 69.2 Å². The lowest BCUT2D eigenvalue weighted by Gasteiger charge is -2.50. The molecule has 3 saturated heterocycles. The molecule has 0 aromatic carbocycles. The van der Waals surface area contributed by atoms with Gasteiger partial charge in [0.1, 0.15) is 50.3 Å². The lowest BCUT2D eigenvalue weighted by molar-refractivity contribution is -0.378. The molecule has 0 amide bonds. The smallest absolute Gasteiger partial charge is 0.303 e. The van der Waals surface area contributed by atoms with Crippen LogP contribution in [0.15, 0.2) is 0 Å². The van der Waals surface area contributed by atoms with Gasteiger partial charge in [0.15, 0.2) is 61.6 Å². The fourth-order valence-corrected chi connectivity index (χ4v) is 6.77. The Hall–Kier alpha value is -5.54. The number of ether oxygens (including phenoxy) is 15. The molecule has 26 nitrogen and oxygen atoms in total. The number of carbonyl (C=O) groups excluding carboxylic acids is 10. The maximum atomic E-state index is 12.9. The molecule has 3 heterocycles. The molecular formula is C38H52O26. The van der Waals surface area contributed by atoms with Crippen LogP contribution in [-0.4, -0.2) is 177 Å². The van der Waals surface area contributed by atoms with Crippen LogP contribution in [0.3, 0.4) is 0 Å². The lowest BCUT2D eigenvalue weighted by Crippen LogP contribution is -2.68. The Kier molecular flexibility index (Phi) is 19.8. The van der Waals surface area contributed by atoms with Gasteiger partial charge in [-0.3, -0.25) is 47.9 Å². The Balaban J connectivity index is 2.28. The quantitative estimate of drug-likeness (QED) is 0.123. The van der Waals surface area contributed by atoms with Crippen molar-refractivity contribution < 1.29 is 124 Å². The summed E-state index contributed by atoms with van der Waals surface area (Å²) in [5.41, 5.74) is 0. The van der Waals surface area contributed by atoms with Crippen LogP contribution in [-0.2, 0) is 119 Å². The molecule has 0 aromatic rings. The highest BCUT2D eigenvalue weighted by atomic mass is 16.8. The maximum Gasteiger partial charge on any atom is 0.303 e. The van der Waals surface area contributed by atoms with Crippen molar-refractivity contribution in [2.24, 2.45) is 0 Å². The van der Waals surface area contributed by atoms with Crippen LogP contribution in [0.4, 0.5) is 0 Å². The molecule has 0 aromatic heterocycles. The SMILES string of the molecule is CC(=O)OCC1O[C@@H](O[C@H]2C(COC(C)=O)O[C@@H](O[C@H]3C(COC(C)=O)O[C@@H](O)C(OC(C)=O)[C@@H]3OC(C)=O)C(OC(C)=O)[C@@H]2OC(C)=O)C(OC(C)=O)[C@@H](OC(C)=O)[C@H]1OC(C)=O. The summed E-state index contributed by atoms with van der Waals surface area (Å²) in [6.45, 7) is 7.65. The Morgan fingerprint density at radius 3 is 0.906 bits per heavy atom. The summed E-state index contributed by atoms with van der Waals surface area (Å²) in [5, 5.41) is 10.9. The van der Waals surface area contributed by atoms with Gasteiger partial charge in [-0.2, -0.15) is 0 Å². The zero-order chi connectivity index (χ0) is 48.2. The standard InChI is InChI=1S/C38H52O26/c1-14(39)50-11-24-28(30(54-18(5)43)33(36(49)60-24)57-21(8)46)63-38-35(59-23(10)48)32(56-20(7)45)29(26(62-38)13-52-16(3)41)64-37-34(58-22(9)47)31(55-19(6)44)27(53-17(4)42)25(61-37)12-51-15(2)40/h24-38,49H,11-13H2,1-10H3/t24?,25?,26?,27-,28-,29-,30+,31-,32+,33?,34?,35?,36+,37-,38-/m0/s1. The average Bonchev–Trinajstić information content (AvgIpc) is 3.15. The topological polar surface area (TPSA) is 329 Å². The zero-order valence-electron chi connectivity index (χ0n) is 36.4. The summed E-state index contributed by atoms with van der Waals surface area (Å²) < 4.78 is 84.2. The maximum absolute atomic E-state index is 12.9. The number of esters is 10. The summed E-state index contributed by atoms with van der Waals surface area (Å²) in [4.78, 5) is 124. The second-order valence-corrected chi connectivity index (χ2v) is 14.3. The van der Waals surface area contributed by atoms with Gasteiger partial charge in [-0.25, -0.2) is 0 Å². The number of rotatable bonds is 17. The number of hydrogen-bond acceptors (Lipinski definition) is 26. The van der Waals surface area contributed by atoms with Crippen molar-refractivity contribution in [3.63, 3.8) is 0 Å². The highest BCUT2D eigenvalue weighted by Gasteiger charge is 2.59. The van der Waals surface area contributed by atoms with Crippen LogP contribution in [0, 0.1) is 0 Å². The van der Waals surface area contributed by atoms with Gasteiger partial charge in [-0.15, -0.1) is 0 Å². The Morgan fingerprint density at radius 2 is 0.578 bits per heavy atom. The molecule has 360 valence electrons. The van der Waals surface area contributed by atoms with Gasteiger partial charge < -0.3 is 76.2 Å². The van der Waals surface area contributed by atoms with Gasteiger partial charge >= 0.3 is 59.7 Å². The van der Waals surface area contributed by atoms with E-state index in [2.05, 4.69) is 0 Å². The molecule has 15 atom stereocenters. The Morgan fingerprint density at radius 1 is 0.328 bits per heavy atom. The van der Waals surface area contributed by atoms with Gasteiger partial charge in [-0.1, -0.05) is 0 Å². The summed E-state index contributed by atoms with van der Waals surface area (Å²) in [7, 11) is 0. The third-order valence-corrected chi connectivity index (χ3v) is 8.84.